The van der Waals surface area contributed by atoms with Gasteiger partial charge in [0.25, 0.3) is 0 Å². The molecule has 1 unspecified atom stereocenters. The van der Waals surface area contributed by atoms with Gasteiger partial charge in [0.2, 0.25) is 11.8 Å². The van der Waals surface area contributed by atoms with E-state index in [1.807, 2.05) is 11.8 Å². The molecule has 0 saturated carbocycles. The molecule has 1 aliphatic rings. The molecule has 1 amide bonds. The van der Waals surface area contributed by atoms with Gasteiger partial charge in [0, 0.05) is 39.8 Å². The molecule has 0 radical (unpaired) electrons. The van der Waals surface area contributed by atoms with Gasteiger partial charge in [0.15, 0.2) is 0 Å². The number of nitrogens with one attached hydrogen (secondary N) is 1. The van der Waals surface area contributed by atoms with Crippen molar-refractivity contribution < 1.29 is 9.53 Å². The number of hydrogen-bond donors (Lipinski definition) is 1. The Morgan fingerprint density at radius 2 is 2.35 bits per heavy atom. The Hall–Kier alpha value is -1.89. The van der Waals surface area contributed by atoms with Crippen molar-refractivity contribution in [3.05, 3.63) is 12.4 Å². The van der Waals surface area contributed by atoms with Crippen LogP contribution >= 0.6 is 0 Å². The Bertz CT molecular complexity index is 466. The minimum absolute atomic E-state index is 0.0637. The Balaban J connectivity index is 2.23. The molecule has 1 fully saturated rings. The standard InChI is InChI=1S/C13H21N5O2/c1-4-20-12-7-11(15-9-16-12)18-6-5-14-8-10(18)13(19)17(2)3/h7,9-10,14H,4-6,8H2,1-3H3. The van der Waals surface area contributed by atoms with Gasteiger partial charge in [-0.3, -0.25) is 4.79 Å². The fourth-order valence-electron chi connectivity index (χ4n) is 2.21. The van der Waals surface area contributed by atoms with Gasteiger partial charge in [-0.1, -0.05) is 0 Å². The molecule has 20 heavy (non-hydrogen) atoms. The lowest BCUT2D eigenvalue weighted by Gasteiger charge is -2.37. The van der Waals surface area contributed by atoms with Crippen LogP contribution in [-0.4, -0.2) is 67.2 Å². The number of ether oxygens (including phenoxy) is 1. The van der Waals surface area contributed by atoms with Gasteiger partial charge >= 0.3 is 0 Å². The van der Waals surface area contributed by atoms with Crippen LogP contribution in [0.2, 0.25) is 0 Å². The molecule has 7 nitrogen and oxygen atoms in total. The predicted octanol–water partition coefficient (Wildman–Crippen LogP) is -0.258. The third-order valence-electron chi connectivity index (χ3n) is 3.18. The summed E-state index contributed by atoms with van der Waals surface area (Å²) in [6.45, 7) is 4.63. The van der Waals surface area contributed by atoms with Crippen molar-refractivity contribution in [2.45, 2.75) is 13.0 Å². The van der Waals surface area contributed by atoms with E-state index in [4.69, 9.17) is 4.74 Å². The highest BCUT2D eigenvalue weighted by Gasteiger charge is 2.30. The van der Waals surface area contributed by atoms with Gasteiger partial charge in [0.1, 0.15) is 18.2 Å². The normalized spacial score (nSPS) is 18.8. The van der Waals surface area contributed by atoms with Crippen LogP contribution in [0.5, 0.6) is 5.88 Å². The molecule has 0 bridgehead atoms. The van der Waals surface area contributed by atoms with Gasteiger partial charge in [0.05, 0.1) is 6.61 Å². The maximum Gasteiger partial charge on any atom is 0.246 e. The lowest BCUT2D eigenvalue weighted by Crippen LogP contribution is -2.58. The molecule has 1 aliphatic heterocycles. The summed E-state index contributed by atoms with van der Waals surface area (Å²) in [5.74, 6) is 1.33. The molecule has 2 heterocycles. The predicted molar refractivity (Wildman–Crippen MR) is 75.9 cm³/mol. The van der Waals surface area contributed by atoms with Crippen LogP contribution in [0.1, 0.15) is 6.92 Å². The van der Waals surface area contributed by atoms with Crippen LogP contribution in [0.4, 0.5) is 5.82 Å². The number of rotatable bonds is 4. The molecule has 1 aromatic heterocycles. The number of hydrogen-bond acceptors (Lipinski definition) is 6. The molecule has 2 rings (SSSR count). The van der Waals surface area contributed by atoms with E-state index < -0.39 is 0 Å². The average Bonchev–Trinajstić information content (AvgIpc) is 2.47. The summed E-state index contributed by atoms with van der Waals surface area (Å²) in [7, 11) is 3.53. The molecule has 1 N–H and O–H groups in total. The zero-order valence-electron chi connectivity index (χ0n) is 12.2. The number of carbonyl (C=O) groups is 1. The van der Waals surface area contributed by atoms with Crippen LogP contribution in [-0.2, 0) is 4.79 Å². The smallest absolute Gasteiger partial charge is 0.246 e. The van der Waals surface area contributed by atoms with E-state index in [1.54, 1.807) is 25.1 Å². The molecule has 1 aromatic rings. The number of anilines is 1. The van der Waals surface area contributed by atoms with Crippen LogP contribution < -0.4 is 15.0 Å². The van der Waals surface area contributed by atoms with Gasteiger partial charge in [-0.25, -0.2) is 9.97 Å². The first-order chi connectivity index (χ1) is 9.63. The Kier molecular flexibility index (Phi) is 4.73. The highest BCUT2D eigenvalue weighted by Crippen LogP contribution is 2.19. The van der Waals surface area contributed by atoms with Crippen LogP contribution in [0.15, 0.2) is 12.4 Å². The molecule has 110 valence electrons. The molecule has 1 saturated heterocycles. The van der Waals surface area contributed by atoms with Gasteiger partial charge in [-0.15, -0.1) is 0 Å². The Labute approximate surface area is 118 Å². The highest BCUT2D eigenvalue weighted by atomic mass is 16.5. The molecule has 0 aliphatic carbocycles. The highest BCUT2D eigenvalue weighted by molar-refractivity contribution is 5.85. The van der Waals surface area contributed by atoms with Gasteiger partial charge in [-0.2, -0.15) is 0 Å². The lowest BCUT2D eigenvalue weighted by atomic mass is 10.1. The van der Waals surface area contributed by atoms with E-state index in [2.05, 4.69) is 15.3 Å². The van der Waals surface area contributed by atoms with Crippen molar-refractivity contribution in [2.24, 2.45) is 0 Å². The van der Waals surface area contributed by atoms with E-state index in [1.165, 1.54) is 6.33 Å². The largest absolute Gasteiger partial charge is 0.478 e. The number of amides is 1. The second kappa shape index (κ2) is 6.51. The lowest BCUT2D eigenvalue weighted by molar-refractivity contribution is -0.130. The van der Waals surface area contributed by atoms with Crippen molar-refractivity contribution in [1.82, 2.24) is 20.2 Å². The molecule has 0 aromatic carbocycles. The maximum absolute atomic E-state index is 12.3. The molecule has 1 atom stereocenters. The van der Waals surface area contributed by atoms with Crippen molar-refractivity contribution in [3.8, 4) is 5.88 Å². The number of nitrogens with zero attached hydrogens (tertiary/aromatic N) is 4. The summed E-state index contributed by atoms with van der Waals surface area (Å²) in [6, 6.07) is 1.54. The zero-order chi connectivity index (χ0) is 14.5. The first-order valence-electron chi connectivity index (χ1n) is 6.77. The minimum atomic E-state index is -0.247. The Morgan fingerprint density at radius 3 is 3.05 bits per heavy atom. The summed E-state index contributed by atoms with van der Waals surface area (Å²) >= 11 is 0. The number of likely N-dealkylation sites (N-methyl/N-ethyl adjacent to an activating group) is 1. The van der Waals surface area contributed by atoms with E-state index in [-0.39, 0.29) is 11.9 Å². The SMILES string of the molecule is CCOc1cc(N2CCNCC2C(=O)N(C)C)ncn1. The minimum Gasteiger partial charge on any atom is -0.478 e. The summed E-state index contributed by atoms with van der Waals surface area (Å²) in [4.78, 5) is 24.2. The molecular weight excluding hydrogens is 258 g/mol. The second-order valence-corrected chi connectivity index (χ2v) is 4.79. The monoisotopic (exact) mass is 279 g/mol. The van der Waals surface area contributed by atoms with Crippen molar-refractivity contribution >= 4 is 11.7 Å². The third-order valence-corrected chi connectivity index (χ3v) is 3.18. The summed E-state index contributed by atoms with van der Waals surface area (Å²) in [6.07, 6.45) is 1.47. The van der Waals surface area contributed by atoms with Crippen molar-refractivity contribution in [1.29, 1.82) is 0 Å². The van der Waals surface area contributed by atoms with Gasteiger partial charge in [-0.05, 0) is 6.92 Å². The molecule has 0 spiro atoms. The second-order valence-electron chi connectivity index (χ2n) is 4.79. The molecular formula is C13H21N5O2. The average molecular weight is 279 g/mol. The summed E-state index contributed by atoms with van der Waals surface area (Å²) < 4.78 is 5.39. The third kappa shape index (κ3) is 3.16. The topological polar surface area (TPSA) is 70.6 Å². The summed E-state index contributed by atoms with van der Waals surface area (Å²) in [5.41, 5.74) is 0. The van der Waals surface area contributed by atoms with Crippen LogP contribution in [0, 0.1) is 0 Å². The van der Waals surface area contributed by atoms with E-state index in [9.17, 15) is 4.79 Å². The van der Waals surface area contributed by atoms with E-state index in [0.29, 0.717) is 19.0 Å². The summed E-state index contributed by atoms with van der Waals surface area (Å²) in [5, 5.41) is 3.25. The van der Waals surface area contributed by atoms with Crippen molar-refractivity contribution in [2.75, 3.05) is 45.2 Å². The number of aromatic nitrogens is 2. The molecule has 7 heteroatoms. The van der Waals surface area contributed by atoms with E-state index >= 15 is 0 Å². The quantitative estimate of drug-likeness (QED) is 0.819. The zero-order valence-corrected chi connectivity index (χ0v) is 12.2. The Morgan fingerprint density at radius 1 is 1.55 bits per heavy atom. The van der Waals surface area contributed by atoms with E-state index in [0.717, 1.165) is 18.9 Å². The number of carbonyl (C=O) groups excluding carboxylic acids is 1. The first kappa shape index (κ1) is 14.5. The maximum atomic E-state index is 12.3. The van der Waals surface area contributed by atoms with Crippen molar-refractivity contribution in [3.63, 3.8) is 0 Å². The number of piperazine rings is 1. The fourth-order valence-corrected chi connectivity index (χ4v) is 2.21. The van der Waals surface area contributed by atoms with Crippen LogP contribution in [0.25, 0.3) is 0 Å². The fraction of sp³-hybridized carbons (Fsp3) is 0.615. The van der Waals surface area contributed by atoms with Crippen LogP contribution in [0.3, 0.4) is 0 Å². The van der Waals surface area contributed by atoms with Gasteiger partial charge < -0.3 is 19.9 Å². The first-order valence-corrected chi connectivity index (χ1v) is 6.77.